The normalized spacial score (nSPS) is 12.6. The van der Waals surface area contributed by atoms with Crippen LogP contribution in [0.3, 0.4) is 0 Å². The Kier molecular flexibility index (Phi) is 12.1. The quantitative estimate of drug-likeness (QED) is 0.0624. The van der Waals surface area contributed by atoms with Crippen molar-refractivity contribution in [3.63, 3.8) is 0 Å². The molecule has 0 atom stereocenters. The number of hydrogen-bond donors (Lipinski definition) is 1. The van der Waals surface area contributed by atoms with Crippen LogP contribution in [-0.4, -0.2) is 62.4 Å². The number of anilines is 2. The fourth-order valence-electron chi connectivity index (χ4n) is 6.21. The summed E-state index contributed by atoms with van der Waals surface area (Å²) in [5.41, 5.74) is 7.01. The molecule has 11 heteroatoms. The zero-order valence-electron chi connectivity index (χ0n) is 29.1. The van der Waals surface area contributed by atoms with Gasteiger partial charge in [0.15, 0.2) is 0 Å². The van der Waals surface area contributed by atoms with Crippen LogP contribution < -0.4 is 32.1 Å². The predicted octanol–water partition coefficient (Wildman–Crippen LogP) is 3.79. The van der Waals surface area contributed by atoms with Crippen LogP contribution in [0.15, 0.2) is 119 Å². The molecule has 1 N–H and O–H groups in total. The Morgan fingerprint density at radius 3 is 2.06 bits per heavy atom. The highest BCUT2D eigenvalue weighted by Gasteiger charge is 2.23. The minimum atomic E-state index is -0.375. The molecule has 1 aliphatic rings. The van der Waals surface area contributed by atoms with Crippen molar-refractivity contribution in [2.45, 2.75) is 26.7 Å². The summed E-state index contributed by atoms with van der Waals surface area (Å²) in [7, 11) is 2.00. The monoisotopic (exact) mass is 703 g/mol. The average Bonchev–Trinajstić information content (AvgIpc) is 3.47. The van der Waals surface area contributed by atoms with Crippen LogP contribution in [-0.2, 0) is 14.4 Å². The minimum absolute atomic E-state index is 0. The molecule has 1 aromatic heterocycles. The lowest BCUT2D eigenvalue weighted by Crippen LogP contribution is -3.00. The van der Waals surface area contributed by atoms with Gasteiger partial charge in [0.25, 0.3) is 11.8 Å². The first-order chi connectivity index (χ1) is 24.3. The molecule has 3 amide bonds. The number of carbonyl (C=O) groups excluding carboxylic acids is 3. The predicted molar refractivity (Wildman–Crippen MR) is 199 cm³/mol. The number of nitrogens with one attached hydrogen (secondary N) is 1. The first kappa shape index (κ1) is 36.7. The Morgan fingerprint density at radius 2 is 1.37 bits per heavy atom. The lowest BCUT2D eigenvalue weighted by atomic mass is 10.1. The molecule has 0 bridgehead atoms. The van der Waals surface area contributed by atoms with Crippen molar-refractivity contribution in [1.82, 2.24) is 10.2 Å². The van der Waals surface area contributed by atoms with Gasteiger partial charge in [0.2, 0.25) is 22.6 Å². The summed E-state index contributed by atoms with van der Waals surface area (Å²) < 4.78 is 2.31. The summed E-state index contributed by atoms with van der Waals surface area (Å²) in [5.74, 6) is -0.935. The summed E-state index contributed by atoms with van der Waals surface area (Å²) in [4.78, 5) is 41.0. The molecule has 0 radical (unpaired) electrons. The lowest BCUT2D eigenvalue weighted by Gasteiger charge is -2.21. The van der Waals surface area contributed by atoms with E-state index in [1.54, 1.807) is 0 Å². The summed E-state index contributed by atoms with van der Waals surface area (Å²) in [6.07, 6.45) is 3.27. The zero-order valence-corrected chi connectivity index (χ0v) is 29.9. The fourth-order valence-corrected chi connectivity index (χ4v) is 6.21. The lowest BCUT2D eigenvalue weighted by molar-refractivity contribution is -0.537. The van der Waals surface area contributed by atoms with E-state index in [2.05, 4.69) is 104 Å². The SMILES string of the molecule is CCN(CC)c1ccc2cc3ccc(N=Nc4ccc(N(C)CCCNC(=O)CCN5C(=O)C=CC5=O)cc4)cc3[n+](-c3ccccc3)c2c1.[Cl-]. The maximum absolute atomic E-state index is 12.2. The number of aromatic nitrogens is 1. The van der Waals surface area contributed by atoms with Gasteiger partial charge in [-0.2, -0.15) is 14.8 Å². The van der Waals surface area contributed by atoms with Gasteiger partial charge in [-0.3, -0.25) is 19.3 Å². The zero-order chi connectivity index (χ0) is 35.0. The summed E-state index contributed by atoms with van der Waals surface area (Å²) in [5, 5.41) is 14.3. The smallest absolute Gasteiger partial charge is 0.253 e. The molecule has 0 spiro atoms. The number of rotatable bonds is 14. The molecule has 6 rings (SSSR count). The minimum Gasteiger partial charge on any atom is -1.00 e. The van der Waals surface area contributed by atoms with Crippen LogP contribution in [0.4, 0.5) is 22.7 Å². The van der Waals surface area contributed by atoms with Crippen molar-refractivity contribution >= 4 is 62.3 Å². The third-order valence-electron chi connectivity index (χ3n) is 8.99. The van der Waals surface area contributed by atoms with Crippen LogP contribution in [0.2, 0.25) is 0 Å². The Balaban J connectivity index is 0.00000504. The van der Waals surface area contributed by atoms with Gasteiger partial charge in [-0.1, -0.05) is 18.2 Å². The van der Waals surface area contributed by atoms with E-state index in [4.69, 9.17) is 0 Å². The number of imide groups is 1. The van der Waals surface area contributed by atoms with Crippen molar-refractivity contribution in [2.24, 2.45) is 10.2 Å². The molecule has 0 unspecified atom stereocenters. The Labute approximate surface area is 304 Å². The van der Waals surface area contributed by atoms with Crippen LogP contribution >= 0.6 is 0 Å². The van der Waals surface area contributed by atoms with Crippen LogP contribution in [0.25, 0.3) is 27.5 Å². The highest BCUT2D eigenvalue weighted by atomic mass is 35.5. The Hall–Kier alpha value is -5.61. The van der Waals surface area contributed by atoms with Gasteiger partial charge in [-0.25, -0.2) is 0 Å². The molecule has 0 saturated heterocycles. The van der Waals surface area contributed by atoms with Gasteiger partial charge < -0.3 is 27.5 Å². The van der Waals surface area contributed by atoms with Gasteiger partial charge in [0.1, 0.15) is 0 Å². The number of carbonyl (C=O) groups is 3. The fraction of sp³-hybridized carbons (Fsp3) is 0.250. The molecule has 0 aliphatic carbocycles. The van der Waals surface area contributed by atoms with Crippen molar-refractivity contribution in [1.29, 1.82) is 0 Å². The molecule has 5 aromatic rings. The number of pyridine rings is 1. The van der Waals surface area contributed by atoms with Crippen molar-refractivity contribution in [2.75, 3.05) is 49.6 Å². The molecule has 51 heavy (non-hydrogen) atoms. The molecule has 4 aromatic carbocycles. The molecule has 2 heterocycles. The number of nitrogens with zero attached hydrogens (tertiary/aromatic N) is 6. The molecule has 10 nitrogen and oxygen atoms in total. The van der Waals surface area contributed by atoms with Crippen LogP contribution in [0.5, 0.6) is 0 Å². The summed E-state index contributed by atoms with van der Waals surface area (Å²) >= 11 is 0. The highest BCUT2D eigenvalue weighted by Crippen LogP contribution is 2.28. The topological polar surface area (TPSA) is 102 Å². The molecule has 0 fully saturated rings. The van der Waals surface area contributed by atoms with Crippen molar-refractivity contribution in [3.05, 3.63) is 109 Å². The molecule has 262 valence electrons. The third kappa shape index (κ3) is 8.59. The number of para-hydroxylation sites is 1. The van der Waals surface area contributed by atoms with Gasteiger partial charge in [-0.05, 0) is 74.9 Å². The van der Waals surface area contributed by atoms with Gasteiger partial charge in [0, 0.05) is 105 Å². The summed E-state index contributed by atoms with van der Waals surface area (Å²) in [6, 6.07) is 33.5. The standard InChI is InChI=1S/C40H41N7O3.ClH/c1-4-45(5-2)35-17-13-30-26-29-12-14-32(27-36(29)47(37(30)28-35)34-10-7-6-8-11-34)43-42-31-15-18-33(19-16-31)44(3)24-9-23-41-38(48)22-25-46-39(49)20-21-40(46)50;/h6-8,10-21,26-28H,4-5,9,22-25H2,1-3H3;1H. The number of benzene rings is 4. The van der Waals surface area contributed by atoms with Gasteiger partial charge in [-0.15, -0.1) is 0 Å². The Bertz CT molecular complexity index is 2060. The number of azo groups is 1. The maximum Gasteiger partial charge on any atom is 0.253 e. The number of hydrogen-bond acceptors (Lipinski definition) is 7. The van der Waals surface area contributed by atoms with Crippen molar-refractivity contribution in [3.8, 4) is 5.69 Å². The second-order valence-corrected chi connectivity index (χ2v) is 12.2. The molecular formula is C40H42ClN7O3. The average molecular weight is 704 g/mol. The van der Waals surface area contributed by atoms with Crippen LogP contribution in [0.1, 0.15) is 26.7 Å². The van der Waals surface area contributed by atoms with E-state index in [1.165, 1.54) is 23.2 Å². The Morgan fingerprint density at radius 1 is 0.765 bits per heavy atom. The molecular weight excluding hydrogens is 662 g/mol. The van der Waals surface area contributed by atoms with Crippen molar-refractivity contribution < 1.29 is 31.4 Å². The van der Waals surface area contributed by atoms with E-state index < -0.39 is 0 Å². The molecule has 0 saturated carbocycles. The summed E-state index contributed by atoms with van der Waals surface area (Å²) in [6.45, 7) is 7.57. The van der Waals surface area contributed by atoms with E-state index in [0.717, 1.165) is 70.1 Å². The number of amides is 3. The first-order valence-corrected chi connectivity index (χ1v) is 17.1. The highest BCUT2D eigenvalue weighted by molar-refractivity contribution is 6.13. The van der Waals surface area contributed by atoms with E-state index >= 15 is 0 Å². The second-order valence-electron chi connectivity index (χ2n) is 12.2. The van der Waals surface area contributed by atoms with E-state index in [-0.39, 0.29) is 43.1 Å². The van der Waals surface area contributed by atoms with Gasteiger partial charge >= 0.3 is 0 Å². The number of fused-ring (bicyclic) bond motifs is 2. The maximum atomic E-state index is 12.2. The second kappa shape index (κ2) is 16.9. The molecule has 1 aliphatic heterocycles. The third-order valence-corrected chi connectivity index (χ3v) is 8.99. The number of halogens is 1. The van der Waals surface area contributed by atoms with E-state index in [1.807, 2.05) is 43.4 Å². The van der Waals surface area contributed by atoms with E-state index in [0.29, 0.717) is 6.54 Å². The largest absolute Gasteiger partial charge is 1.00 e. The van der Waals surface area contributed by atoms with Crippen LogP contribution in [0, 0.1) is 0 Å². The van der Waals surface area contributed by atoms with Gasteiger partial charge in [0.05, 0.1) is 11.4 Å². The van der Waals surface area contributed by atoms with E-state index in [9.17, 15) is 14.4 Å². The first-order valence-electron chi connectivity index (χ1n) is 17.1.